The molecule has 1 rings (SSSR count). The van der Waals surface area contributed by atoms with Crippen LogP contribution in [0.2, 0.25) is 0 Å². The van der Waals surface area contributed by atoms with Crippen LogP contribution in [0.1, 0.15) is 37.9 Å². The molecule has 0 aliphatic carbocycles. The number of hydrogen-bond donors (Lipinski definition) is 2. The standard InChI is InChI=1S/C11H19N3O2/c1-9-8-10(14-16-9)13-11(15)6-4-2-3-5-7-12/h8H,2-7,12H2,1H3,(H,13,14,15). The van der Waals surface area contributed by atoms with Crippen LogP contribution in [0.3, 0.4) is 0 Å². The molecule has 90 valence electrons. The molecule has 0 aromatic carbocycles. The first-order valence-electron chi connectivity index (χ1n) is 5.65. The van der Waals surface area contributed by atoms with Crippen LogP contribution in [0.15, 0.2) is 10.6 Å². The van der Waals surface area contributed by atoms with Crippen LogP contribution in [-0.2, 0) is 4.79 Å². The average Bonchev–Trinajstić information content (AvgIpc) is 2.63. The number of aromatic nitrogens is 1. The Kier molecular flexibility index (Phi) is 5.56. The van der Waals surface area contributed by atoms with Crippen molar-refractivity contribution < 1.29 is 9.32 Å². The van der Waals surface area contributed by atoms with E-state index in [-0.39, 0.29) is 5.91 Å². The molecule has 0 radical (unpaired) electrons. The molecule has 5 heteroatoms. The Morgan fingerprint density at radius 1 is 1.44 bits per heavy atom. The van der Waals surface area contributed by atoms with Crippen LogP contribution in [-0.4, -0.2) is 17.6 Å². The molecule has 0 spiro atoms. The van der Waals surface area contributed by atoms with Gasteiger partial charge in [-0.15, -0.1) is 0 Å². The normalized spacial score (nSPS) is 10.4. The number of aryl methyl sites for hydroxylation is 1. The Morgan fingerprint density at radius 3 is 2.81 bits per heavy atom. The fourth-order valence-corrected chi connectivity index (χ4v) is 1.41. The highest BCUT2D eigenvalue weighted by Crippen LogP contribution is 2.09. The van der Waals surface area contributed by atoms with Gasteiger partial charge in [0.1, 0.15) is 5.76 Å². The van der Waals surface area contributed by atoms with E-state index in [1.54, 1.807) is 13.0 Å². The van der Waals surface area contributed by atoms with Gasteiger partial charge in [-0.05, 0) is 26.3 Å². The molecule has 1 amide bonds. The highest BCUT2D eigenvalue weighted by atomic mass is 16.5. The Balaban J connectivity index is 2.11. The predicted octanol–water partition coefficient (Wildman–Crippen LogP) is 1.83. The summed E-state index contributed by atoms with van der Waals surface area (Å²) < 4.78 is 4.84. The molecule has 1 heterocycles. The number of unbranched alkanes of at least 4 members (excludes halogenated alkanes) is 3. The minimum atomic E-state index is -0.0129. The summed E-state index contributed by atoms with van der Waals surface area (Å²) in [5.74, 6) is 1.17. The van der Waals surface area contributed by atoms with Crippen molar-refractivity contribution >= 4 is 11.7 Å². The topological polar surface area (TPSA) is 81.2 Å². The quantitative estimate of drug-likeness (QED) is 0.694. The largest absolute Gasteiger partial charge is 0.360 e. The van der Waals surface area contributed by atoms with E-state index < -0.39 is 0 Å². The van der Waals surface area contributed by atoms with Gasteiger partial charge in [0.05, 0.1) is 0 Å². The number of rotatable bonds is 7. The number of carbonyl (C=O) groups excluding carboxylic acids is 1. The van der Waals surface area contributed by atoms with E-state index in [0.717, 1.165) is 32.2 Å². The second kappa shape index (κ2) is 7.00. The molecule has 1 aromatic heterocycles. The summed E-state index contributed by atoms with van der Waals surface area (Å²) in [5, 5.41) is 6.38. The first-order chi connectivity index (χ1) is 7.72. The van der Waals surface area contributed by atoms with Gasteiger partial charge in [-0.3, -0.25) is 4.79 Å². The van der Waals surface area contributed by atoms with E-state index in [9.17, 15) is 4.79 Å². The maximum atomic E-state index is 11.4. The third-order valence-electron chi connectivity index (χ3n) is 2.25. The lowest BCUT2D eigenvalue weighted by Crippen LogP contribution is -2.11. The van der Waals surface area contributed by atoms with Crippen molar-refractivity contribution in [1.29, 1.82) is 0 Å². The zero-order valence-electron chi connectivity index (χ0n) is 9.66. The Morgan fingerprint density at radius 2 is 2.19 bits per heavy atom. The van der Waals surface area contributed by atoms with Crippen molar-refractivity contribution in [2.45, 2.75) is 39.0 Å². The van der Waals surface area contributed by atoms with E-state index >= 15 is 0 Å². The molecule has 1 aromatic rings. The van der Waals surface area contributed by atoms with Gasteiger partial charge in [-0.2, -0.15) is 0 Å². The van der Waals surface area contributed by atoms with E-state index in [1.165, 1.54) is 0 Å². The van der Waals surface area contributed by atoms with E-state index in [0.29, 0.717) is 18.0 Å². The summed E-state index contributed by atoms with van der Waals surface area (Å²) in [6.45, 7) is 2.51. The van der Waals surface area contributed by atoms with Gasteiger partial charge in [0.25, 0.3) is 0 Å². The third-order valence-corrected chi connectivity index (χ3v) is 2.25. The minimum absolute atomic E-state index is 0.0129. The van der Waals surface area contributed by atoms with Gasteiger partial charge < -0.3 is 15.6 Å². The number of nitrogens with two attached hydrogens (primary N) is 1. The minimum Gasteiger partial charge on any atom is -0.360 e. The van der Waals surface area contributed by atoms with Crippen molar-refractivity contribution in [2.24, 2.45) is 5.73 Å². The van der Waals surface area contributed by atoms with Crippen molar-refractivity contribution in [2.75, 3.05) is 11.9 Å². The van der Waals surface area contributed by atoms with Gasteiger partial charge in [0.15, 0.2) is 5.82 Å². The first-order valence-corrected chi connectivity index (χ1v) is 5.65. The lowest BCUT2D eigenvalue weighted by atomic mass is 10.1. The summed E-state index contributed by atoms with van der Waals surface area (Å²) in [5.41, 5.74) is 5.38. The van der Waals surface area contributed by atoms with Crippen LogP contribution >= 0.6 is 0 Å². The fourth-order valence-electron chi connectivity index (χ4n) is 1.41. The molecule has 16 heavy (non-hydrogen) atoms. The van der Waals surface area contributed by atoms with Crippen LogP contribution in [0.25, 0.3) is 0 Å². The third kappa shape index (κ3) is 4.93. The number of carbonyl (C=O) groups is 1. The summed E-state index contributed by atoms with van der Waals surface area (Å²) in [6, 6.07) is 1.70. The van der Waals surface area contributed by atoms with Gasteiger partial charge in [0.2, 0.25) is 5.91 Å². The van der Waals surface area contributed by atoms with Crippen molar-refractivity contribution in [3.8, 4) is 0 Å². The van der Waals surface area contributed by atoms with Crippen molar-refractivity contribution in [3.05, 3.63) is 11.8 Å². The summed E-state index contributed by atoms with van der Waals surface area (Å²) in [6.07, 6.45) is 4.58. The Labute approximate surface area is 95.4 Å². The molecular formula is C11H19N3O2. The molecule has 0 saturated carbocycles. The number of nitrogens with zero attached hydrogens (tertiary/aromatic N) is 1. The maximum Gasteiger partial charge on any atom is 0.225 e. The molecule has 0 fully saturated rings. The number of nitrogens with one attached hydrogen (secondary N) is 1. The number of amides is 1. The van der Waals surface area contributed by atoms with Crippen molar-refractivity contribution in [3.63, 3.8) is 0 Å². The van der Waals surface area contributed by atoms with Gasteiger partial charge in [0, 0.05) is 12.5 Å². The lowest BCUT2D eigenvalue weighted by molar-refractivity contribution is -0.116. The smallest absolute Gasteiger partial charge is 0.225 e. The molecular weight excluding hydrogens is 206 g/mol. The zero-order chi connectivity index (χ0) is 11.8. The highest BCUT2D eigenvalue weighted by Gasteiger charge is 2.05. The monoisotopic (exact) mass is 225 g/mol. The number of hydrogen-bond acceptors (Lipinski definition) is 4. The zero-order valence-corrected chi connectivity index (χ0v) is 9.66. The Hall–Kier alpha value is -1.36. The van der Waals surface area contributed by atoms with Crippen LogP contribution in [0.4, 0.5) is 5.82 Å². The SMILES string of the molecule is Cc1cc(NC(=O)CCCCCCN)no1. The molecule has 0 bridgehead atoms. The average molecular weight is 225 g/mol. The molecule has 0 aliphatic heterocycles. The summed E-state index contributed by atoms with van der Waals surface area (Å²) >= 11 is 0. The van der Waals surface area contributed by atoms with E-state index in [2.05, 4.69) is 10.5 Å². The second-order valence-corrected chi connectivity index (χ2v) is 3.82. The summed E-state index contributed by atoms with van der Waals surface area (Å²) in [4.78, 5) is 11.4. The highest BCUT2D eigenvalue weighted by molar-refractivity contribution is 5.89. The van der Waals surface area contributed by atoms with E-state index in [1.807, 2.05) is 0 Å². The lowest BCUT2D eigenvalue weighted by Gasteiger charge is -2.01. The van der Waals surface area contributed by atoms with Gasteiger partial charge in [-0.1, -0.05) is 18.0 Å². The summed E-state index contributed by atoms with van der Waals surface area (Å²) in [7, 11) is 0. The van der Waals surface area contributed by atoms with Crippen LogP contribution < -0.4 is 11.1 Å². The molecule has 0 unspecified atom stereocenters. The van der Waals surface area contributed by atoms with E-state index in [4.69, 9.17) is 10.3 Å². The van der Waals surface area contributed by atoms with Crippen molar-refractivity contribution in [1.82, 2.24) is 5.16 Å². The fraction of sp³-hybridized carbons (Fsp3) is 0.636. The molecule has 3 N–H and O–H groups in total. The first kappa shape index (κ1) is 12.7. The second-order valence-electron chi connectivity index (χ2n) is 3.82. The molecule has 0 saturated heterocycles. The van der Waals surface area contributed by atoms with Gasteiger partial charge in [-0.25, -0.2) is 0 Å². The molecule has 5 nitrogen and oxygen atoms in total. The number of anilines is 1. The maximum absolute atomic E-state index is 11.4. The molecule has 0 atom stereocenters. The Bertz CT molecular complexity index is 323. The van der Waals surface area contributed by atoms with Crippen LogP contribution in [0.5, 0.6) is 0 Å². The van der Waals surface area contributed by atoms with Crippen LogP contribution in [0, 0.1) is 6.92 Å². The van der Waals surface area contributed by atoms with Gasteiger partial charge >= 0.3 is 0 Å². The molecule has 0 aliphatic rings. The predicted molar refractivity (Wildman–Crippen MR) is 62.0 cm³/mol.